The highest BCUT2D eigenvalue weighted by molar-refractivity contribution is 7.92. The van der Waals surface area contributed by atoms with Crippen molar-refractivity contribution in [3.05, 3.63) is 57.6 Å². The number of fused-ring (bicyclic) bond motifs is 1. The largest absolute Gasteiger partial charge is 0.419 e. The predicted molar refractivity (Wildman–Crippen MR) is 102 cm³/mol. The zero-order valence-electron chi connectivity index (χ0n) is 15.3. The molecule has 2 aromatic carbocycles. The van der Waals surface area contributed by atoms with Crippen molar-refractivity contribution in [2.24, 2.45) is 0 Å². The van der Waals surface area contributed by atoms with Crippen molar-refractivity contribution in [2.75, 3.05) is 4.72 Å². The lowest BCUT2D eigenvalue weighted by atomic mass is 10.1. The van der Waals surface area contributed by atoms with Crippen molar-refractivity contribution in [3.63, 3.8) is 0 Å². The van der Waals surface area contributed by atoms with E-state index in [4.69, 9.17) is 4.42 Å². The summed E-state index contributed by atoms with van der Waals surface area (Å²) < 4.78 is 35.1. The Balaban J connectivity index is 2.02. The van der Waals surface area contributed by atoms with Crippen molar-refractivity contribution in [1.82, 2.24) is 4.57 Å². The number of sulfonamides is 1. The second-order valence-electron chi connectivity index (χ2n) is 6.54. The molecular weight excluding hydrogens is 352 g/mol. The molecule has 1 N–H and O–H groups in total. The highest BCUT2D eigenvalue weighted by Gasteiger charge is 2.20. The molecule has 1 heterocycles. The second-order valence-corrected chi connectivity index (χ2v) is 8.15. The maximum atomic E-state index is 12.9. The van der Waals surface area contributed by atoms with E-state index in [0.29, 0.717) is 34.5 Å². The normalized spacial score (nSPS) is 11.8. The van der Waals surface area contributed by atoms with E-state index in [0.717, 1.165) is 12.0 Å². The molecule has 7 heteroatoms. The molecule has 0 unspecified atom stereocenters. The number of nitrogens with one attached hydrogen (secondary N) is 1. The van der Waals surface area contributed by atoms with Gasteiger partial charge in [0, 0.05) is 12.6 Å². The highest BCUT2D eigenvalue weighted by Crippen LogP contribution is 2.26. The van der Waals surface area contributed by atoms with Gasteiger partial charge in [0.05, 0.1) is 16.1 Å². The van der Waals surface area contributed by atoms with Gasteiger partial charge in [0.25, 0.3) is 10.0 Å². The Morgan fingerprint density at radius 2 is 1.73 bits per heavy atom. The molecule has 0 amide bonds. The highest BCUT2D eigenvalue weighted by atomic mass is 32.2. The lowest BCUT2D eigenvalue weighted by Gasteiger charge is -2.14. The van der Waals surface area contributed by atoms with E-state index in [-0.39, 0.29) is 4.90 Å². The number of hydrogen-bond acceptors (Lipinski definition) is 4. The number of aryl methyl sites for hydroxylation is 4. The first-order valence-electron chi connectivity index (χ1n) is 8.47. The van der Waals surface area contributed by atoms with E-state index in [1.54, 1.807) is 36.6 Å². The summed E-state index contributed by atoms with van der Waals surface area (Å²) in [6.07, 6.45) is 0.800. The van der Waals surface area contributed by atoms with E-state index >= 15 is 0 Å². The fraction of sp³-hybridized carbons (Fsp3) is 0.316. The van der Waals surface area contributed by atoms with Crippen LogP contribution in [0.25, 0.3) is 11.1 Å². The van der Waals surface area contributed by atoms with Gasteiger partial charge in [-0.05, 0) is 50.5 Å². The summed E-state index contributed by atoms with van der Waals surface area (Å²) >= 11 is 0. The minimum Gasteiger partial charge on any atom is -0.408 e. The van der Waals surface area contributed by atoms with Crippen LogP contribution in [0.3, 0.4) is 0 Å². The Hall–Kier alpha value is -2.54. The Bertz CT molecular complexity index is 1120. The van der Waals surface area contributed by atoms with E-state index in [1.807, 2.05) is 26.0 Å². The minimum atomic E-state index is -3.75. The van der Waals surface area contributed by atoms with Crippen LogP contribution in [-0.2, 0) is 16.6 Å². The van der Waals surface area contributed by atoms with Gasteiger partial charge in [-0.3, -0.25) is 9.29 Å². The smallest absolute Gasteiger partial charge is 0.408 e. The van der Waals surface area contributed by atoms with Crippen LogP contribution in [0.2, 0.25) is 0 Å². The molecule has 0 bridgehead atoms. The molecule has 1 aromatic heterocycles. The Labute approximate surface area is 152 Å². The lowest BCUT2D eigenvalue weighted by Crippen LogP contribution is -2.16. The number of benzene rings is 2. The summed E-state index contributed by atoms with van der Waals surface area (Å²) in [6, 6.07) is 8.56. The van der Waals surface area contributed by atoms with Crippen LogP contribution >= 0.6 is 0 Å². The number of rotatable bonds is 5. The monoisotopic (exact) mass is 374 g/mol. The molecule has 0 fully saturated rings. The molecule has 0 aliphatic carbocycles. The molecule has 0 radical (unpaired) electrons. The number of anilines is 1. The van der Waals surface area contributed by atoms with Crippen LogP contribution < -0.4 is 10.5 Å². The first-order valence-corrected chi connectivity index (χ1v) is 9.95. The number of hydrogen-bond donors (Lipinski definition) is 1. The Morgan fingerprint density at radius 1 is 1.08 bits per heavy atom. The molecule has 0 aliphatic heterocycles. The van der Waals surface area contributed by atoms with E-state index < -0.39 is 15.8 Å². The van der Waals surface area contributed by atoms with Gasteiger partial charge in [-0.25, -0.2) is 13.2 Å². The number of oxazole rings is 1. The summed E-state index contributed by atoms with van der Waals surface area (Å²) in [6.45, 7) is 8.02. The van der Waals surface area contributed by atoms with Gasteiger partial charge in [0.2, 0.25) is 0 Å². The van der Waals surface area contributed by atoms with Gasteiger partial charge >= 0.3 is 5.76 Å². The molecule has 0 atom stereocenters. The SMILES string of the molecule is CCCn1c(=O)oc2cc(NS(=O)(=O)c3c(C)cc(C)cc3C)ccc21. The van der Waals surface area contributed by atoms with Crippen LogP contribution in [0, 0.1) is 20.8 Å². The zero-order valence-corrected chi connectivity index (χ0v) is 16.1. The molecule has 6 nitrogen and oxygen atoms in total. The third-order valence-corrected chi connectivity index (χ3v) is 5.93. The van der Waals surface area contributed by atoms with Crippen LogP contribution in [0.4, 0.5) is 5.69 Å². The third kappa shape index (κ3) is 3.26. The van der Waals surface area contributed by atoms with E-state index in [1.165, 1.54) is 0 Å². The van der Waals surface area contributed by atoms with Gasteiger partial charge < -0.3 is 4.42 Å². The van der Waals surface area contributed by atoms with Crippen molar-refractivity contribution >= 4 is 26.8 Å². The second kappa shape index (κ2) is 6.64. The lowest BCUT2D eigenvalue weighted by molar-refractivity contribution is 0.502. The van der Waals surface area contributed by atoms with Crippen molar-refractivity contribution in [2.45, 2.75) is 45.6 Å². The Morgan fingerprint density at radius 3 is 2.35 bits per heavy atom. The standard InChI is InChI=1S/C19H22N2O4S/c1-5-8-21-16-7-6-15(11-17(16)25-19(21)22)20-26(23,24)18-13(3)9-12(2)10-14(18)4/h6-7,9-11,20H,5,8H2,1-4H3. The molecule has 0 aliphatic rings. The van der Waals surface area contributed by atoms with Crippen molar-refractivity contribution in [1.29, 1.82) is 0 Å². The summed E-state index contributed by atoms with van der Waals surface area (Å²) in [5.41, 5.74) is 3.77. The number of nitrogens with zero attached hydrogens (tertiary/aromatic N) is 1. The van der Waals surface area contributed by atoms with Gasteiger partial charge in [-0.2, -0.15) is 0 Å². The Kier molecular flexibility index (Phi) is 4.66. The molecule has 3 rings (SSSR count). The summed E-state index contributed by atoms with van der Waals surface area (Å²) in [5, 5.41) is 0. The first-order chi connectivity index (χ1) is 12.2. The summed E-state index contributed by atoms with van der Waals surface area (Å²) in [4.78, 5) is 12.2. The fourth-order valence-corrected chi connectivity index (χ4v) is 4.87. The van der Waals surface area contributed by atoms with Gasteiger partial charge in [-0.15, -0.1) is 0 Å². The molecule has 0 saturated carbocycles. The molecule has 0 spiro atoms. The maximum absolute atomic E-state index is 12.9. The molecular formula is C19H22N2O4S. The van der Waals surface area contributed by atoms with Crippen LogP contribution in [0.1, 0.15) is 30.0 Å². The summed E-state index contributed by atoms with van der Waals surface area (Å²) in [7, 11) is -3.75. The predicted octanol–water partition coefficient (Wildman–Crippen LogP) is 3.73. The van der Waals surface area contributed by atoms with Crippen LogP contribution in [-0.4, -0.2) is 13.0 Å². The quantitative estimate of drug-likeness (QED) is 0.738. The minimum absolute atomic E-state index is 0.271. The summed E-state index contributed by atoms with van der Waals surface area (Å²) in [5.74, 6) is -0.438. The van der Waals surface area contributed by atoms with E-state index in [2.05, 4.69) is 4.72 Å². The van der Waals surface area contributed by atoms with E-state index in [9.17, 15) is 13.2 Å². The number of aromatic nitrogens is 1. The fourth-order valence-electron chi connectivity index (χ4n) is 3.36. The average Bonchev–Trinajstić information content (AvgIpc) is 2.81. The van der Waals surface area contributed by atoms with Crippen LogP contribution in [0.5, 0.6) is 0 Å². The van der Waals surface area contributed by atoms with Crippen LogP contribution in [0.15, 0.2) is 44.4 Å². The van der Waals surface area contributed by atoms with Crippen molar-refractivity contribution in [3.8, 4) is 0 Å². The first kappa shape index (κ1) is 18.3. The van der Waals surface area contributed by atoms with Gasteiger partial charge in [0.15, 0.2) is 5.58 Å². The molecule has 138 valence electrons. The molecule has 0 saturated heterocycles. The third-order valence-electron chi connectivity index (χ3n) is 4.24. The van der Waals surface area contributed by atoms with Crippen molar-refractivity contribution < 1.29 is 12.8 Å². The molecule has 3 aromatic rings. The van der Waals surface area contributed by atoms with Gasteiger partial charge in [0.1, 0.15) is 0 Å². The topological polar surface area (TPSA) is 81.3 Å². The molecule has 26 heavy (non-hydrogen) atoms. The average molecular weight is 374 g/mol. The zero-order chi connectivity index (χ0) is 19.1. The van der Waals surface area contributed by atoms with Gasteiger partial charge in [-0.1, -0.05) is 24.6 Å². The maximum Gasteiger partial charge on any atom is 0.419 e.